The van der Waals surface area contributed by atoms with Gasteiger partial charge in [-0.2, -0.15) is 0 Å². The van der Waals surface area contributed by atoms with Gasteiger partial charge in [0.2, 0.25) is 0 Å². The van der Waals surface area contributed by atoms with Gasteiger partial charge >= 0.3 is 0 Å². The summed E-state index contributed by atoms with van der Waals surface area (Å²) < 4.78 is 18.9. The van der Waals surface area contributed by atoms with Gasteiger partial charge in [-0.15, -0.1) is 4.36 Å². The monoisotopic (exact) mass is 306 g/mol. The third-order valence-electron chi connectivity index (χ3n) is 2.97. The molecule has 112 valence electrons. The van der Waals surface area contributed by atoms with Crippen molar-refractivity contribution in [2.75, 3.05) is 20.4 Å². The molecule has 0 spiro atoms. The zero-order valence-electron chi connectivity index (χ0n) is 12.3. The minimum atomic E-state index is -2.64. The fourth-order valence-electron chi connectivity index (χ4n) is 1.66. The minimum Gasteiger partial charge on any atom is -0.327 e. The molecule has 21 heavy (non-hydrogen) atoms. The summed E-state index contributed by atoms with van der Waals surface area (Å²) in [6.45, 7) is 0.0263. The van der Waals surface area contributed by atoms with E-state index >= 15 is 0 Å². The van der Waals surface area contributed by atoms with Gasteiger partial charge in [0.25, 0.3) is 5.91 Å². The summed E-state index contributed by atoms with van der Waals surface area (Å²) in [7, 11) is 0.620. The molecule has 0 radical (unpaired) electrons. The van der Waals surface area contributed by atoms with Crippen LogP contribution in [0.4, 0.5) is 0 Å². The maximum atomic E-state index is 12.0. The number of hydrogen-bond acceptors (Lipinski definition) is 3. The number of carbonyl (C=O) groups excluding carboxylic acids is 1. The van der Waals surface area contributed by atoms with Gasteiger partial charge in [0.05, 0.1) is 12.0 Å². The van der Waals surface area contributed by atoms with Crippen molar-refractivity contribution >= 4 is 15.8 Å². The Hall–Kier alpha value is -1.99. The summed E-state index contributed by atoms with van der Waals surface area (Å²) in [5, 5.41) is 0. The van der Waals surface area contributed by atoms with Crippen molar-refractivity contribution in [1.29, 1.82) is 0 Å². The SMILES string of the molecule is CN(C)S(C)(=O)=NC(=O)Cn1cnc(-c2ccccc2)c1. The average molecular weight is 306 g/mol. The maximum absolute atomic E-state index is 12.0. The lowest BCUT2D eigenvalue weighted by Gasteiger charge is -2.11. The Balaban J connectivity index is 2.14. The zero-order valence-corrected chi connectivity index (χ0v) is 13.1. The molecule has 1 unspecified atom stereocenters. The molecule has 2 rings (SSSR count). The molecule has 0 saturated carbocycles. The Morgan fingerprint density at radius 1 is 1.33 bits per heavy atom. The van der Waals surface area contributed by atoms with Crippen LogP contribution in [0.1, 0.15) is 0 Å². The molecule has 0 aliphatic carbocycles. The molecule has 0 fully saturated rings. The number of benzene rings is 1. The number of hydrogen-bond donors (Lipinski definition) is 0. The summed E-state index contributed by atoms with van der Waals surface area (Å²) in [6.07, 6.45) is 4.78. The lowest BCUT2D eigenvalue weighted by Crippen LogP contribution is -2.22. The maximum Gasteiger partial charge on any atom is 0.274 e. The lowest BCUT2D eigenvalue weighted by molar-refractivity contribution is -0.118. The Labute approximate surface area is 124 Å². The van der Waals surface area contributed by atoms with E-state index in [1.807, 2.05) is 30.3 Å². The number of imidazole rings is 1. The van der Waals surface area contributed by atoms with E-state index in [0.717, 1.165) is 11.3 Å². The van der Waals surface area contributed by atoms with E-state index < -0.39 is 15.8 Å². The van der Waals surface area contributed by atoms with Gasteiger partial charge in [0.1, 0.15) is 16.5 Å². The topological polar surface area (TPSA) is 67.6 Å². The quantitative estimate of drug-likeness (QED) is 0.862. The molecule has 1 heterocycles. The molecule has 1 amide bonds. The van der Waals surface area contributed by atoms with Gasteiger partial charge in [-0.1, -0.05) is 30.3 Å². The fourth-order valence-corrected chi connectivity index (χ4v) is 2.26. The van der Waals surface area contributed by atoms with Crippen LogP contribution in [0.5, 0.6) is 0 Å². The molecular weight excluding hydrogens is 288 g/mol. The van der Waals surface area contributed by atoms with Gasteiger partial charge in [0, 0.05) is 32.1 Å². The van der Waals surface area contributed by atoms with Crippen molar-refractivity contribution in [3.63, 3.8) is 0 Å². The van der Waals surface area contributed by atoms with Crippen LogP contribution in [0.25, 0.3) is 11.3 Å². The molecular formula is C14H18N4O2S. The van der Waals surface area contributed by atoms with Gasteiger partial charge < -0.3 is 4.57 Å². The first-order valence-electron chi connectivity index (χ1n) is 6.38. The van der Waals surface area contributed by atoms with Crippen LogP contribution in [-0.2, 0) is 21.3 Å². The molecule has 1 atom stereocenters. The van der Waals surface area contributed by atoms with Crippen molar-refractivity contribution in [3.8, 4) is 11.3 Å². The van der Waals surface area contributed by atoms with E-state index in [1.165, 1.54) is 10.6 Å². The Kier molecular flexibility index (Phi) is 4.54. The highest BCUT2D eigenvalue weighted by atomic mass is 32.2. The smallest absolute Gasteiger partial charge is 0.274 e. The molecule has 1 aromatic carbocycles. The van der Waals surface area contributed by atoms with Crippen molar-refractivity contribution in [2.24, 2.45) is 4.36 Å². The zero-order chi connectivity index (χ0) is 15.5. The number of amides is 1. The highest BCUT2D eigenvalue weighted by Crippen LogP contribution is 2.15. The number of carbonyl (C=O) groups is 1. The standard InChI is InChI=1S/C14H18N4O2S/c1-17(2)21(3,20)16-14(19)10-18-9-13(15-11-18)12-7-5-4-6-8-12/h4-9,11H,10H2,1-3H3. The van der Waals surface area contributed by atoms with Crippen molar-refractivity contribution in [1.82, 2.24) is 13.9 Å². The summed E-state index contributed by atoms with van der Waals surface area (Å²) in [5.74, 6) is -0.437. The summed E-state index contributed by atoms with van der Waals surface area (Å²) in [4.78, 5) is 16.1. The first kappa shape index (κ1) is 15.4. The second kappa shape index (κ2) is 6.19. The van der Waals surface area contributed by atoms with Crippen molar-refractivity contribution in [3.05, 3.63) is 42.9 Å². The van der Waals surface area contributed by atoms with Crippen LogP contribution in [0, 0.1) is 0 Å². The van der Waals surface area contributed by atoms with E-state index in [2.05, 4.69) is 9.35 Å². The minimum absolute atomic E-state index is 0.0263. The highest BCUT2D eigenvalue weighted by Gasteiger charge is 2.10. The van der Waals surface area contributed by atoms with E-state index in [4.69, 9.17) is 0 Å². The first-order chi connectivity index (χ1) is 9.88. The van der Waals surface area contributed by atoms with Gasteiger partial charge in [-0.05, 0) is 0 Å². The summed E-state index contributed by atoms with van der Waals surface area (Å²) >= 11 is 0. The van der Waals surface area contributed by atoms with Gasteiger partial charge in [0.15, 0.2) is 0 Å². The number of nitrogens with zero attached hydrogens (tertiary/aromatic N) is 4. The third kappa shape index (κ3) is 3.99. The van der Waals surface area contributed by atoms with Gasteiger partial charge in [-0.25, -0.2) is 13.5 Å². The Morgan fingerprint density at radius 3 is 2.62 bits per heavy atom. The molecule has 0 saturated heterocycles. The summed E-state index contributed by atoms with van der Waals surface area (Å²) in [5.41, 5.74) is 1.77. The Morgan fingerprint density at radius 2 is 2.00 bits per heavy atom. The third-order valence-corrected chi connectivity index (χ3v) is 4.87. The molecule has 0 bridgehead atoms. The normalized spacial score (nSPS) is 13.9. The van der Waals surface area contributed by atoms with Crippen LogP contribution >= 0.6 is 0 Å². The molecule has 0 N–H and O–H groups in total. The first-order valence-corrected chi connectivity index (χ1v) is 8.26. The summed E-state index contributed by atoms with van der Waals surface area (Å²) in [6, 6.07) is 9.69. The second-order valence-electron chi connectivity index (χ2n) is 4.86. The highest BCUT2D eigenvalue weighted by molar-refractivity contribution is 7.90. The molecule has 7 heteroatoms. The largest absolute Gasteiger partial charge is 0.327 e. The molecule has 0 aliphatic rings. The van der Waals surface area contributed by atoms with Crippen LogP contribution in [0.2, 0.25) is 0 Å². The molecule has 6 nitrogen and oxygen atoms in total. The predicted octanol–water partition coefficient (Wildman–Crippen LogP) is 1.65. The fraction of sp³-hybridized carbons (Fsp3) is 0.286. The molecule has 1 aromatic heterocycles. The predicted molar refractivity (Wildman–Crippen MR) is 82.9 cm³/mol. The average Bonchev–Trinajstić information content (AvgIpc) is 2.87. The lowest BCUT2D eigenvalue weighted by atomic mass is 10.2. The molecule has 0 aliphatic heterocycles. The van der Waals surface area contributed by atoms with E-state index in [0.29, 0.717) is 0 Å². The second-order valence-corrected chi connectivity index (χ2v) is 7.30. The van der Waals surface area contributed by atoms with E-state index in [1.54, 1.807) is 31.2 Å². The van der Waals surface area contributed by atoms with Crippen LogP contribution in [0.15, 0.2) is 47.2 Å². The molecule has 2 aromatic rings. The van der Waals surface area contributed by atoms with Crippen LogP contribution in [0.3, 0.4) is 0 Å². The van der Waals surface area contributed by atoms with Crippen LogP contribution < -0.4 is 0 Å². The van der Waals surface area contributed by atoms with Crippen LogP contribution in [-0.4, -0.2) is 44.3 Å². The Bertz CT molecular complexity index is 743. The van der Waals surface area contributed by atoms with E-state index in [-0.39, 0.29) is 6.54 Å². The van der Waals surface area contributed by atoms with Crippen molar-refractivity contribution < 1.29 is 9.00 Å². The van der Waals surface area contributed by atoms with E-state index in [9.17, 15) is 9.00 Å². The number of aromatic nitrogens is 2. The van der Waals surface area contributed by atoms with Crippen molar-refractivity contribution in [2.45, 2.75) is 6.54 Å². The van der Waals surface area contributed by atoms with Gasteiger partial charge in [-0.3, -0.25) is 4.79 Å². The number of rotatable bonds is 4.